The van der Waals surface area contributed by atoms with Crippen LogP contribution in [-0.4, -0.2) is 27.5 Å². The highest BCUT2D eigenvalue weighted by atomic mass is 16.5. The van der Waals surface area contributed by atoms with E-state index in [0.717, 1.165) is 53.8 Å². The van der Waals surface area contributed by atoms with Gasteiger partial charge in [0.05, 0.1) is 12.8 Å². The minimum Gasteiger partial charge on any atom is -0.497 e. The predicted octanol–water partition coefficient (Wildman–Crippen LogP) is 4.48. The molecule has 2 aromatic heterocycles. The van der Waals surface area contributed by atoms with Crippen LogP contribution >= 0.6 is 0 Å². The number of nitrogens with zero attached hydrogens (tertiary/aromatic N) is 3. The molecule has 5 rings (SSSR count). The van der Waals surface area contributed by atoms with Crippen LogP contribution in [0.15, 0.2) is 27.5 Å². The molecule has 34 heavy (non-hydrogen) atoms. The molecule has 0 saturated heterocycles. The number of amides is 1. The number of fused-ring (bicyclic) bond motifs is 3. The highest BCUT2D eigenvalue weighted by Crippen LogP contribution is 2.36. The molecule has 0 aliphatic heterocycles. The van der Waals surface area contributed by atoms with Gasteiger partial charge in [0.1, 0.15) is 11.4 Å². The smallest absolute Gasteiger partial charge is 0.290 e. The Hall–Kier alpha value is -3.29. The maximum Gasteiger partial charge on any atom is 0.290 e. The Bertz CT molecular complexity index is 1280. The fraction of sp³-hybridized carbons (Fsp3) is 0.500. The van der Waals surface area contributed by atoms with Gasteiger partial charge in [-0.15, -0.1) is 0 Å². The second-order valence-electron chi connectivity index (χ2n) is 9.54. The van der Waals surface area contributed by atoms with E-state index in [0.29, 0.717) is 30.3 Å². The van der Waals surface area contributed by atoms with Gasteiger partial charge in [-0.3, -0.25) is 14.3 Å². The van der Waals surface area contributed by atoms with E-state index in [4.69, 9.17) is 9.26 Å². The fourth-order valence-electron chi connectivity index (χ4n) is 5.41. The molecule has 180 valence electrons. The van der Waals surface area contributed by atoms with Crippen LogP contribution in [0, 0.1) is 12.8 Å². The van der Waals surface area contributed by atoms with Crippen molar-refractivity contribution in [2.75, 3.05) is 12.4 Å². The SMILES string of the molecule is COc1ccc2c(c1)CCCc1c(C(=O)Nc3c(C)n(C)n(CC4CCCCC4)c3=O)noc1-2. The van der Waals surface area contributed by atoms with E-state index in [2.05, 4.69) is 10.5 Å². The van der Waals surface area contributed by atoms with Crippen LogP contribution in [0.3, 0.4) is 0 Å². The molecule has 0 unspecified atom stereocenters. The Kier molecular flexibility index (Phi) is 6.06. The molecule has 1 saturated carbocycles. The van der Waals surface area contributed by atoms with Gasteiger partial charge in [0.25, 0.3) is 11.5 Å². The Morgan fingerprint density at radius 2 is 2.00 bits per heavy atom. The molecule has 1 amide bonds. The Balaban J connectivity index is 1.42. The number of hydrogen-bond acceptors (Lipinski definition) is 5. The molecule has 2 aliphatic rings. The van der Waals surface area contributed by atoms with Crippen LogP contribution in [0.5, 0.6) is 5.75 Å². The Morgan fingerprint density at radius 1 is 1.21 bits per heavy atom. The third-order valence-electron chi connectivity index (χ3n) is 7.49. The molecule has 1 aromatic carbocycles. The monoisotopic (exact) mass is 464 g/mol. The van der Waals surface area contributed by atoms with Crippen molar-refractivity contribution in [3.8, 4) is 17.1 Å². The number of methoxy groups -OCH3 is 1. The second-order valence-corrected chi connectivity index (χ2v) is 9.54. The molecular formula is C26H32N4O4. The maximum absolute atomic E-state index is 13.3. The van der Waals surface area contributed by atoms with Gasteiger partial charge < -0.3 is 14.6 Å². The van der Waals surface area contributed by atoms with Crippen molar-refractivity contribution < 1.29 is 14.1 Å². The largest absolute Gasteiger partial charge is 0.497 e. The molecule has 3 aromatic rings. The van der Waals surface area contributed by atoms with E-state index in [1.165, 1.54) is 19.3 Å². The van der Waals surface area contributed by atoms with Crippen LogP contribution in [0.25, 0.3) is 11.3 Å². The first-order chi connectivity index (χ1) is 16.5. The van der Waals surface area contributed by atoms with E-state index in [-0.39, 0.29) is 11.3 Å². The quantitative estimate of drug-likeness (QED) is 0.601. The number of rotatable bonds is 5. The lowest BCUT2D eigenvalue weighted by atomic mass is 9.89. The highest BCUT2D eigenvalue weighted by molar-refractivity contribution is 6.05. The fourth-order valence-corrected chi connectivity index (χ4v) is 5.41. The molecule has 2 heterocycles. The summed E-state index contributed by atoms with van der Waals surface area (Å²) in [5.41, 5.74) is 3.99. The van der Waals surface area contributed by atoms with Gasteiger partial charge in [0.15, 0.2) is 11.5 Å². The van der Waals surface area contributed by atoms with Gasteiger partial charge in [0.2, 0.25) is 0 Å². The summed E-state index contributed by atoms with van der Waals surface area (Å²) in [5.74, 6) is 1.52. The van der Waals surface area contributed by atoms with Crippen LogP contribution in [0.2, 0.25) is 0 Å². The van der Waals surface area contributed by atoms with Crippen molar-refractivity contribution in [3.63, 3.8) is 0 Å². The van der Waals surface area contributed by atoms with Crippen molar-refractivity contribution in [1.82, 2.24) is 14.5 Å². The van der Waals surface area contributed by atoms with E-state index < -0.39 is 5.91 Å². The maximum atomic E-state index is 13.3. The average Bonchev–Trinajstić information content (AvgIpc) is 3.28. The van der Waals surface area contributed by atoms with Crippen molar-refractivity contribution in [2.45, 2.75) is 64.8 Å². The molecule has 8 heteroatoms. The number of anilines is 1. The zero-order valence-electron chi connectivity index (χ0n) is 20.1. The number of hydrogen-bond donors (Lipinski definition) is 1. The minimum atomic E-state index is -0.405. The van der Waals surface area contributed by atoms with Crippen molar-refractivity contribution in [3.05, 3.63) is 51.1 Å². The van der Waals surface area contributed by atoms with E-state index in [9.17, 15) is 9.59 Å². The lowest BCUT2D eigenvalue weighted by molar-refractivity contribution is 0.101. The molecular weight excluding hydrogens is 432 g/mol. The molecule has 8 nitrogen and oxygen atoms in total. The molecule has 0 radical (unpaired) electrons. The number of aryl methyl sites for hydroxylation is 1. The standard InChI is InChI=1S/C26H32N4O4/c1-16-22(26(32)30(29(16)2)15-17-8-5-4-6-9-17)27-25(31)23-21-11-7-10-18-14-19(33-3)12-13-20(18)24(21)34-28-23/h12-14,17H,4-11,15H2,1-3H3,(H,27,31). The first kappa shape index (κ1) is 22.5. The van der Waals surface area contributed by atoms with Gasteiger partial charge in [-0.25, -0.2) is 4.68 Å². The summed E-state index contributed by atoms with van der Waals surface area (Å²) in [6.07, 6.45) is 8.43. The summed E-state index contributed by atoms with van der Waals surface area (Å²) in [7, 11) is 3.53. The summed E-state index contributed by atoms with van der Waals surface area (Å²) >= 11 is 0. The summed E-state index contributed by atoms with van der Waals surface area (Å²) in [4.78, 5) is 26.5. The zero-order chi connectivity index (χ0) is 23.8. The first-order valence-corrected chi connectivity index (χ1v) is 12.2. The van der Waals surface area contributed by atoms with Gasteiger partial charge in [0, 0.05) is 24.7 Å². The van der Waals surface area contributed by atoms with Crippen LogP contribution in [0.4, 0.5) is 5.69 Å². The summed E-state index contributed by atoms with van der Waals surface area (Å²) < 4.78 is 14.7. The number of ether oxygens (including phenoxy) is 1. The number of carbonyl (C=O) groups is 1. The zero-order valence-corrected chi connectivity index (χ0v) is 20.1. The van der Waals surface area contributed by atoms with Gasteiger partial charge >= 0.3 is 0 Å². The van der Waals surface area contributed by atoms with E-state index >= 15 is 0 Å². The topological polar surface area (TPSA) is 91.3 Å². The van der Waals surface area contributed by atoms with Crippen LogP contribution in [-0.2, 0) is 26.4 Å². The summed E-state index contributed by atoms with van der Waals surface area (Å²) in [6.45, 7) is 2.55. The second kappa shape index (κ2) is 9.16. The summed E-state index contributed by atoms with van der Waals surface area (Å²) in [6, 6.07) is 5.85. The summed E-state index contributed by atoms with van der Waals surface area (Å²) in [5, 5.41) is 6.98. The Labute approximate surface area is 198 Å². The molecule has 0 bridgehead atoms. The van der Waals surface area contributed by atoms with Crippen molar-refractivity contribution >= 4 is 11.6 Å². The third-order valence-corrected chi connectivity index (χ3v) is 7.49. The lowest BCUT2D eigenvalue weighted by Crippen LogP contribution is -2.28. The first-order valence-electron chi connectivity index (χ1n) is 12.2. The lowest BCUT2D eigenvalue weighted by Gasteiger charge is -2.22. The van der Waals surface area contributed by atoms with Gasteiger partial charge in [-0.1, -0.05) is 24.4 Å². The molecule has 0 spiro atoms. The molecule has 1 fully saturated rings. The van der Waals surface area contributed by atoms with Crippen LogP contribution < -0.4 is 15.6 Å². The molecule has 0 atom stereocenters. The molecule has 2 aliphatic carbocycles. The minimum absolute atomic E-state index is 0.161. The van der Waals surface area contributed by atoms with E-state index in [1.54, 1.807) is 11.8 Å². The normalized spacial score (nSPS) is 16.0. The van der Waals surface area contributed by atoms with Gasteiger partial charge in [-0.2, -0.15) is 0 Å². The molecule has 1 N–H and O–H groups in total. The number of benzene rings is 1. The number of nitrogens with one attached hydrogen (secondary N) is 1. The van der Waals surface area contributed by atoms with Crippen molar-refractivity contribution in [1.29, 1.82) is 0 Å². The van der Waals surface area contributed by atoms with E-state index in [1.807, 2.05) is 36.9 Å². The average molecular weight is 465 g/mol. The number of carbonyl (C=O) groups excluding carboxylic acids is 1. The third kappa shape index (κ3) is 3.95. The Morgan fingerprint density at radius 3 is 2.76 bits per heavy atom. The number of aromatic nitrogens is 3. The predicted molar refractivity (Wildman–Crippen MR) is 129 cm³/mol. The van der Waals surface area contributed by atoms with Crippen LogP contribution in [0.1, 0.15) is 65.8 Å². The van der Waals surface area contributed by atoms with Gasteiger partial charge in [-0.05, 0) is 68.7 Å². The highest BCUT2D eigenvalue weighted by Gasteiger charge is 2.28. The van der Waals surface area contributed by atoms with Crippen molar-refractivity contribution in [2.24, 2.45) is 13.0 Å².